The third kappa shape index (κ3) is 2.79. The zero-order valence-corrected chi connectivity index (χ0v) is 15.4. The van der Waals surface area contributed by atoms with E-state index in [-0.39, 0.29) is 5.56 Å². The van der Waals surface area contributed by atoms with E-state index in [1.165, 1.54) is 11.3 Å². The van der Waals surface area contributed by atoms with E-state index in [4.69, 9.17) is 11.6 Å². The second-order valence-corrected chi connectivity index (χ2v) is 7.47. The highest BCUT2D eigenvalue weighted by molar-refractivity contribution is 9.10. The summed E-state index contributed by atoms with van der Waals surface area (Å²) in [4.78, 5) is 20.9. The average Bonchev–Trinajstić information content (AvgIpc) is 3.01. The molecule has 2 aromatic carbocycles. The van der Waals surface area contributed by atoms with Crippen molar-refractivity contribution in [1.82, 2.24) is 9.97 Å². The molecule has 4 rings (SSSR count). The van der Waals surface area contributed by atoms with Crippen LogP contribution in [0.4, 0.5) is 0 Å². The molecule has 0 saturated carbocycles. The van der Waals surface area contributed by atoms with Crippen molar-refractivity contribution in [3.63, 3.8) is 0 Å². The Morgan fingerprint density at radius 2 is 1.67 bits per heavy atom. The van der Waals surface area contributed by atoms with Crippen LogP contribution in [0.25, 0.3) is 32.7 Å². The summed E-state index contributed by atoms with van der Waals surface area (Å²) in [5.74, 6) is 0.549. The minimum atomic E-state index is -0.135. The summed E-state index contributed by atoms with van der Waals surface area (Å²) >= 11 is 10.8. The van der Waals surface area contributed by atoms with E-state index in [0.717, 1.165) is 26.0 Å². The lowest BCUT2D eigenvalue weighted by Gasteiger charge is -2.03. The van der Waals surface area contributed by atoms with Crippen LogP contribution < -0.4 is 5.56 Å². The molecule has 2 heterocycles. The van der Waals surface area contributed by atoms with Crippen molar-refractivity contribution in [2.24, 2.45) is 0 Å². The monoisotopic (exact) mass is 416 g/mol. The lowest BCUT2D eigenvalue weighted by Crippen LogP contribution is -2.08. The van der Waals surface area contributed by atoms with Gasteiger partial charge in [0.05, 0.1) is 5.39 Å². The van der Waals surface area contributed by atoms with Crippen LogP contribution in [-0.2, 0) is 0 Å². The topological polar surface area (TPSA) is 45.8 Å². The van der Waals surface area contributed by atoms with Crippen molar-refractivity contribution in [3.05, 3.63) is 73.8 Å². The molecule has 0 radical (unpaired) electrons. The van der Waals surface area contributed by atoms with E-state index in [2.05, 4.69) is 25.9 Å². The van der Waals surface area contributed by atoms with Crippen LogP contribution in [0.15, 0.2) is 63.2 Å². The SMILES string of the molecule is O=c1[nH]c(-c2ccc(Cl)cc2)nc2scc(-c3ccc(Br)cc3)c12. The standard InChI is InChI=1S/C18H10BrClN2OS/c19-12-5-1-10(2-6-12)14-9-24-18-15(14)17(23)21-16(22-18)11-3-7-13(20)8-4-11/h1-9H,(H,21,22,23). The van der Waals surface area contributed by atoms with Crippen LogP contribution in [-0.4, -0.2) is 9.97 Å². The predicted molar refractivity (Wildman–Crippen MR) is 104 cm³/mol. The molecule has 0 aliphatic heterocycles. The lowest BCUT2D eigenvalue weighted by molar-refractivity contribution is 1.19. The van der Waals surface area contributed by atoms with Gasteiger partial charge >= 0.3 is 0 Å². The van der Waals surface area contributed by atoms with Gasteiger partial charge in [0.15, 0.2) is 0 Å². The highest BCUT2D eigenvalue weighted by atomic mass is 79.9. The van der Waals surface area contributed by atoms with Gasteiger partial charge in [-0.15, -0.1) is 11.3 Å². The smallest absolute Gasteiger partial charge is 0.260 e. The van der Waals surface area contributed by atoms with Gasteiger partial charge in [-0.2, -0.15) is 0 Å². The molecule has 0 spiro atoms. The van der Waals surface area contributed by atoms with Crippen LogP contribution in [0.5, 0.6) is 0 Å². The number of fused-ring (bicyclic) bond motifs is 1. The zero-order valence-electron chi connectivity index (χ0n) is 12.2. The fourth-order valence-corrected chi connectivity index (χ4v) is 3.87. The molecule has 3 nitrogen and oxygen atoms in total. The van der Waals surface area contributed by atoms with E-state index >= 15 is 0 Å². The number of nitrogens with one attached hydrogen (secondary N) is 1. The number of aromatic amines is 1. The maximum atomic E-state index is 12.6. The Kier molecular flexibility index (Phi) is 4.00. The van der Waals surface area contributed by atoms with E-state index in [9.17, 15) is 4.79 Å². The zero-order chi connectivity index (χ0) is 16.7. The molecule has 24 heavy (non-hydrogen) atoms. The average molecular weight is 418 g/mol. The first-order valence-corrected chi connectivity index (χ1v) is 9.20. The highest BCUT2D eigenvalue weighted by Gasteiger charge is 2.13. The van der Waals surface area contributed by atoms with Gasteiger partial charge < -0.3 is 4.98 Å². The van der Waals surface area contributed by atoms with Gasteiger partial charge in [-0.05, 0) is 42.0 Å². The van der Waals surface area contributed by atoms with Gasteiger partial charge in [-0.1, -0.05) is 39.7 Å². The molecule has 0 aliphatic rings. The molecule has 0 bridgehead atoms. The first-order valence-electron chi connectivity index (χ1n) is 7.15. The summed E-state index contributed by atoms with van der Waals surface area (Å²) in [6, 6.07) is 15.1. The number of hydrogen-bond donors (Lipinski definition) is 1. The molecule has 0 atom stereocenters. The van der Waals surface area contributed by atoms with Crippen molar-refractivity contribution in [1.29, 1.82) is 0 Å². The van der Waals surface area contributed by atoms with Crippen molar-refractivity contribution < 1.29 is 0 Å². The van der Waals surface area contributed by atoms with E-state index in [0.29, 0.717) is 16.2 Å². The third-order valence-electron chi connectivity index (χ3n) is 3.72. The maximum Gasteiger partial charge on any atom is 0.260 e. The van der Waals surface area contributed by atoms with Crippen LogP contribution >= 0.6 is 38.9 Å². The maximum absolute atomic E-state index is 12.6. The number of halogens is 2. The molecule has 118 valence electrons. The fraction of sp³-hybridized carbons (Fsp3) is 0. The second kappa shape index (κ2) is 6.16. The summed E-state index contributed by atoms with van der Waals surface area (Å²) in [6.45, 7) is 0. The number of benzene rings is 2. The number of aromatic nitrogens is 2. The molecule has 4 aromatic rings. The largest absolute Gasteiger partial charge is 0.306 e. The van der Waals surface area contributed by atoms with Crippen molar-refractivity contribution >= 4 is 49.1 Å². The Morgan fingerprint density at radius 1 is 1.00 bits per heavy atom. The Morgan fingerprint density at radius 3 is 2.38 bits per heavy atom. The molecule has 0 saturated heterocycles. The van der Waals surface area contributed by atoms with Crippen molar-refractivity contribution in [2.75, 3.05) is 0 Å². The Hall–Kier alpha value is -1.95. The first-order chi connectivity index (χ1) is 11.6. The van der Waals surface area contributed by atoms with Crippen molar-refractivity contribution in [2.45, 2.75) is 0 Å². The van der Waals surface area contributed by atoms with Gasteiger partial charge in [0.2, 0.25) is 0 Å². The summed E-state index contributed by atoms with van der Waals surface area (Å²) in [7, 11) is 0. The fourth-order valence-electron chi connectivity index (χ4n) is 2.54. The van der Waals surface area contributed by atoms with Gasteiger partial charge in [0.1, 0.15) is 10.7 Å². The van der Waals surface area contributed by atoms with Crippen LogP contribution in [0.2, 0.25) is 5.02 Å². The number of H-pyrrole nitrogens is 1. The molecule has 0 fully saturated rings. The molecule has 1 N–H and O–H groups in total. The van der Waals surface area contributed by atoms with Gasteiger partial charge in [-0.25, -0.2) is 4.98 Å². The normalized spacial score (nSPS) is 11.1. The minimum Gasteiger partial charge on any atom is -0.306 e. The number of hydrogen-bond acceptors (Lipinski definition) is 3. The van der Waals surface area contributed by atoms with Crippen molar-refractivity contribution in [3.8, 4) is 22.5 Å². The Labute approximate surface area is 155 Å². The summed E-state index contributed by atoms with van der Waals surface area (Å²) in [6.07, 6.45) is 0. The molecule has 0 aliphatic carbocycles. The third-order valence-corrected chi connectivity index (χ3v) is 5.37. The molecule has 2 aromatic heterocycles. The number of nitrogens with zero attached hydrogens (tertiary/aromatic N) is 1. The second-order valence-electron chi connectivity index (χ2n) is 5.26. The van der Waals surface area contributed by atoms with Gasteiger partial charge in [0.25, 0.3) is 5.56 Å². The molecule has 6 heteroatoms. The van der Waals surface area contributed by atoms with Crippen LogP contribution in [0, 0.1) is 0 Å². The minimum absolute atomic E-state index is 0.135. The quantitative estimate of drug-likeness (QED) is 0.452. The lowest BCUT2D eigenvalue weighted by atomic mass is 10.1. The van der Waals surface area contributed by atoms with E-state index in [1.807, 2.05) is 41.8 Å². The summed E-state index contributed by atoms with van der Waals surface area (Å²) in [5.41, 5.74) is 2.59. The Bertz CT molecular complexity index is 1080. The highest BCUT2D eigenvalue weighted by Crippen LogP contribution is 2.32. The van der Waals surface area contributed by atoms with E-state index in [1.54, 1.807) is 12.1 Å². The molecular formula is C18H10BrClN2OS. The van der Waals surface area contributed by atoms with Gasteiger partial charge in [0, 0.05) is 26.0 Å². The molecule has 0 amide bonds. The predicted octanol–water partition coefficient (Wildman–Crippen LogP) is 5.73. The first kappa shape index (κ1) is 15.6. The number of thiophene rings is 1. The summed E-state index contributed by atoms with van der Waals surface area (Å²) in [5, 5.41) is 3.25. The molecule has 0 unspecified atom stereocenters. The van der Waals surface area contributed by atoms with E-state index < -0.39 is 0 Å². The van der Waals surface area contributed by atoms with Crippen LogP contribution in [0.1, 0.15) is 0 Å². The Balaban J connectivity index is 1.88. The van der Waals surface area contributed by atoms with Gasteiger partial charge in [-0.3, -0.25) is 4.79 Å². The number of rotatable bonds is 2. The van der Waals surface area contributed by atoms with Crippen LogP contribution in [0.3, 0.4) is 0 Å². The molecular weight excluding hydrogens is 408 g/mol. The summed E-state index contributed by atoms with van der Waals surface area (Å²) < 4.78 is 1.00.